The standard InChI is InChI=1S/C18H15N3O2/c22-18(23)20-15-7-2-1-6-14-12-17(14)19-13-16-9-5-11-21(16)10-4-3-8-15/h1-13,20H,(H,22,23)/b2-1-,8-3?,10-4+,14-6?,15-7?,19-13?. The van der Waals surface area contributed by atoms with Crippen LogP contribution in [-0.4, -0.2) is 22.0 Å². The number of carboxylic acid groups (broad SMARTS) is 1. The molecule has 1 aliphatic heterocycles. The van der Waals surface area contributed by atoms with Crippen molar-refractivity contribution < 1.29 is 9.90 Å². The van der Waals surface area contributed by atoms with Crippen LogP contribution in [0.1, 0.15) is 5.69 Å². The molecule has 0 radical (unpaired) electrons. The van der Waals surface area contributed by atoms with Gasteiger partial charge in [0.2, 0.25) is 0 Å². The zero-order valence-corrected chi connectivity index (χ0v) is 12.3. The van der Waals surface area contributed by atoms with Crippen LogP contribution in [0.4, 0.5) is 4.79 Å². The number of hydrogen-bond donors (Lipinski definition) is 2. The highest BCUT2D eigenvalue weighted by Crippen LogP contribution is 2.28. The Hall–Kier alpha value is -3.34. The van der Waals surface area contributed by atoms with E-state index in [4.69, 9.17) is 5.11 Å². The number of hydrogen-bond acceptors (Lipinski definition) is 2. The molecule has 0 saturated heterocycles. The van der Waals surface area contributed by atoms with E-state index in [1.807, 2.05) is 59.6 Å². The van der Waals surface area contributed by atoms with Gasteiger partial charge in [0.15, 0.2) is 0 Å². The van der Waals surface area contributed by atoms with Gasteiger partial charge in [0.05, 0.1) is 17.6 Å². The molecule has 5 nitrogen and oxygen atoms in total. The van der Waals surface area contributed by atoms with Crippen molar-refractivity contribution in [2.24, 2.45) is 4.99 Å². The predicted octanol–water partition coefficient (Wildman–Crippen LogP) is 3.48. The number of fused-ring (bicyclic) bond motifs is 2. The van der Waals surface area contributed by atoms with Crippen LogP contribution >= 0.6 is 0 Å². The Kier molecular flexibility index (Phi) is 4.20. The largest absolute Gasteiger partial charge is 0.465 e. The van der Waals surface area contributed by atoms with Gasteiger partial charge in [-0.15, -0.1) is 0 Å². The third-order valence-corrected chi connectivity index (χ3v) is 3.20. The molecule has 0 atom stereocenters. The molecule has 2 heterocycles. The van der Waals surface area contributed by atoms with Gasteiger partial charge in [-0.1, -0.05) is 24.3 Å². The van der Waals surface area contributed by atoms with Crippen molar-refractivity contribution in [2.45, 2.75) is 0 Å². The van der Waals surface area contributed by atoms with Crippen LogP contribution in [0.15, 0.2) is 88.9 Å². The molecule has 0 unspecified atom stereocenters. The molecule has 0 aromatic carbocycles. The topological polar surface area (TPSA) is 66.6 Å². The van der Waals surface area contributed by atoms with Gasteiger partial charge in [-0.05, 0) is 36.4 Å². The summed E-state index contributed by atoms with van der Waals surface area (Å²) in [7, 11) is 0. The first-order valence-corrected chi connectivity index (χ1v) is 7.09. The molecule has 0 saturated carbocycles. The molecule has 2 N–H and O–H groups in total. The molecule has 114 valence electrons. The van der Waals surface area contributed by atoms with E-state index in [0.717, 1.165) is 17.0 Å². The van der Waals surface area contributed by atoms with Gasteiger partial charge in [-0.25, -0.2) is 4.79 Å². The zero-order valence-electron chi connectivity index (χ0n) is 12.3. The molecule has 0 spiro atoms. The first kappa shape index (κ1) is 14.6. The summed E-state index contributed by atoms with van der Waals surface area (Å²) in [6, 6.07) is 3.91. The Balaban J connectivity index is 1.90. The lowest BCUT2D eigenvalue weighted by atomic mass is 10.3. The van der Waals surface area contributed by atoms with E-state index in [1.165, 1.54) is 0 Å². The fraction of sp³-hybridized carbons (Fsp3) is 0. The van der Waals surface area contributed by atoms with Gasteiger partial charge in [-0.3, -0.25) is 10.3 Å². The molecule has 2 aliphatic rings. The van der Waals surface area contributed by atoms with Crippen molar-refractivity contribution in [3.8, 4) is 0 Å². The van der Waals surface area contributed by atoms with Gasteiger partial charge in [-0.2, -0.15) is 0 Å². The Morgan fingerprint density at radius 1 is 1.17 bits per heavy atom. The monoisotopic (exact) mass is 305 g/mol. The first-order valence-electron chi connectivity index (χ1n) is 7.09. The third kappa shape index (κ3) is 4.07. The average Bonchev–Trinajstić information content (AvgIpc) is 3.11. The number of aromatic nitrogens is 1. The average molecular weight is 305 g/mol. The normalized spacial score (nSPS) is 19.0. The fourth-order valence-electron chi connectivity index (χ4n) is 2.03. The van der Waals surface area contributed by atoms with E-state index in [-0.39, 0.29) is 0 Å². The smallest absolute Gasteiger partial charge is 0.409 e. The second-order valence-corrected chi connectivity index (χ2v) is 4.89. The quantitative estimate of drug-likeness (QED) is 0.834. The zero-order chi connectivity index (χ0) is 16.1. The summed E-state index contributed by atoms with van der Waals surface area (Å²) in [4.78, 5) is 15.2. The Bertz CT molecular complexity index is 830. The number of aliphatic imine (C=N–C) groups is 1. The summed E-state index contributed by atoms with van der Waals surface area (Å²) < 4.78 is 1.94. The highest BCUT2D eigenvalue weighted by atomic mass is 16.4. The van der Waals surface area contributed by atoms with Crippen molar-refractivity contribution in [2.75, 3.05) is 0 Å². The van der Waals surface area contributed by atoms with Crippen LogP contribution in [-0.2, 0) is 0 Å². The van der Waals surface area contributed by atoms with E-state index in [9.17, 15) is 4.79 Å². The van der Waals surface area contributed by atoms with E-state index in [2.05, 4.69) is 10.3 Å². The molecule has 1 aliphatic carbocycles. The summed E-state index contributed by atoms with van der Waals surface area (Å²) in [6.07, 6.45) is 19.1. The van der Waals surface area contributed by atoms with E-state index in [0.29, 0.717) is 5.70 Å². The van der Waals surface area contributed by atoms with E-state index < -0.39 is 6.09 Å². The molecule has 3 rings (SSSR count). The maximum absolute atomic E-state index is 10.8. The molecule has 1 aromatic heterocycles. The van der Waals surface area contributed by atoms with E-state index in [1.54, 1.807) is 24.3 Å². The van der Waals surface area contributed by atoms with Crippen LogP contribution < -0.4 is 5.32 Å². The lowest BCUT2D eigenvalue weighted by molar-refractivity contribution is 0.198. The number of rotatable bonds is 1. The van der Waals surface area contributed by atoms with Gasteiger partial charge in [0, 0.05) is 23.7 Å². The van der Waals surface area contributed by atoms with Crippen molar-refractivity contribution in [3.63, 3.8) is 0 Å². The molecule has 1 amide bonds. The summed E-state index contributed by atoms with van der Waals surface area (Å²) in [5.74, 6) is 0. The predicted molar refractivity (Wildman–Crippen MR) is 91.0 cm³/mol. The molecular weight excluding hydrogens is 290 g/mol. The lowest BCUT2D eigenvalue weighted by Crippen LogP contribution is -2.18. The summed E-state index contributed by atoms with van der Waals surface area (Å²) in [6.45, 7) is 0. The van der Waals surface area contributed by atoms with Crippen LogP contribution in [0.3, 0.4) is 0 Å². The van der Waals surface area contributed by atoms with Gasteiger partial charge in [0.25, 0.3) is 0 Å². The fourth-order valence-corrected chi connectivity index (χ4v) is 2.03. The van der Waals surface area contributed by atoms with Crippen molar-refractivity contribution in [3.05, 3.63) is 89.6 Å². The Labute approximate surface area is 133 Å². The summed E-state index contributed by atoms with van der Waals surface area (Å²) >= 11 is 0. The second-order valence-electron chi connectivity index (χ2n) is 4.89. The minimum absolute atomic E-state index is 0.486. The van der Waals surface area contributed by atoms with Crippen molar-refractivity contribution >= 4 is 18.5 Å². The number of amides is 1. The van der Waals surface area contributed by atoms with Crippen LogP contribution in [0.25, 0.3) is 6.20 Å². The van der Waals surface area contributed by atoms with Gasteiger partial charge < -0.3 is 9.67 Å². The number of nitrogens with zero attached hydrogens (tertiary/aromatic N) is 2. The van der Waals surface area contributed by atoms with Crippen molar-refractivity contribution in [1.82, 2.24) is 9.88 Å². The van der Waals surface area contributed by atoms with Gasteiger partial charge >= 0.3 is 6.09 Å². The maximum atomic E-state index is 10.8. The van der Waals surface area contributed by atoms with Gasteiger partial charge in [0.1, 0.15) is 0 Å². The minimum atomic E-state index is -1.10. The Morgan fingerprint density at radius 2 is 2.04 bits per heavy atom. The van der Waals surface area contributed by atoms with Crippen molar-refractivity contribution in [1.29, 1.82) is 0 Å². The lowest BCUT2D eigenvalue weighted by Gasteiger charge is -1.99. The van der Waals surface area contributed by atoms with E-state index >= 15 is 0 Å². The highest BCUT2D eigenvalue weighted by molar-refractivity contribution is 5.81. The Morgan fingerprint density at radius 3 is 2.91 bits per heavy atom. The highest BCUT2D eigenvalue weighted by Gasteiger charge is 2.13. The number of nitrogens with one attached hydrogen (secondary N) is 1. The molecule has 1 aromatic rings. The second kappa shape index (κ2) is 6.62. The first-order chi connectivity index (χ1) is 11.2. The summed E-state index contributed by atoms with van der Waals surface area (Å²) in [5, 5.41) is 11.2. The minimum Gasteiger partial charge on any atom is -0.465 e. The SMILES string of the molecule is O=C(O)NC1=C/C=C\C=C2C=C2N=Cc2cccn2/C=C/C=C1. The molecule has 0 bridgehead atoms. The molecule has 23 heavy (non-hydrogen) atoms. The molecule has 5 heteroatoms. The van der Waals surface area contributed by atoms with Crippen LogP contribution in [0, 0.1) is 0 Å². The summed E-state index contributed by atoms with van der Waals surface area (Å²) in [5.41, 5.74) is 3.47. The molecular formula is C18H15N3O2. The third-order valence-electron chi connectivity index (χ3n) is 3.20. The van der Waals surface area contributed by atoms with Crippen LogP contribution in [0.2, 0.25) is 0 Å². The number of carbonyl (C=O) groups is 1. The molecule has 0 fully saturated rings. The maximum Gasteiger partial charge on any atom is 0.409 e. The van der Waals surface area contributed by atoms with Crippen LogP contribution in [0.5, 0.6) is 0 Å². The number of allylic oxidation sites excluding steroid dienone is 9.